The molecule has 0 saturated heterocycles. The highest BCUT2D eigenvalue weighted by atomic mass is 35.5. The Morgan fingerprint density at radius 3 is 2.65 bits per heavy atom. The van der Waals surface area contributed by atoms with Crippen molar-refractivity contribution in [3.05, 3.63) is 50.0 Å². The van der Waals surface area contributed by atoms with E-state index >= 15 is 0 Å². The molecule has 3 rings (SSSR count). The van der Waals surface area contributed by atoms with Crippen LogP contribution in [0, 0.1) is 0 Å². The number of carbonyl (C=O) groups excluding carboxylic acids is 1. The van der Waals surface area contributed by atoms with E-state index in [1.54, 1.807) is 12.1 Å². The van der Waals surface area contributed by atoms with Gasteiger partial charge in [-0.3, -0.25) is 0 Å². The van der Waals surface area contributed by atoms with Crippen LogP contribution in [-0.4, -0.2) is 31.6 Å². The largest absolute Gasteiger partial charge is 0.465 e. The Kier molecular flexibility index (Phi) is 4.33. The van der Waals surface area contributed by atoms with Gasteiger partial charge in [-0.05, 0) is 37.3 Å². The number of benzene rings is 1. The highest BCUT2D eigenvalue weighted by molar-refractivity contribution is 7.12. The average Bonchev–Trinajstić information content (AvgIpc) is 2.99. The van der Waals surface area contributed by atoms with Gasteiger partial charge in [-0.25, -0.2) is 4.79 Å². The van der Waals surface area contributed by atoms with Gasteiger partial charge in [0.15, 0.2) is 0 Å². The smallest absolute Gasteiger partial charge is 0.348 e. The van der Waals surface area contributed by atoms with E-state index in [9.17, 15) is 4.79 Å². The first kappa shape index (κ1) is 15.9. The first-order valence-electron chi connectivity index (χ1n) is 7.06. The van der Waals surface area contributed by atoms with Gasteiger partial charge in [-0.1, -0.05) is 11.6 Å². The number of hydrogen-bond donors (Lipinski definition) is 0. The molecule has 0 saturated carbocycles. The normalized spacial score (nSPS) is 13.8. The van der Waals surface area contributed by atoms with E-state index in [4.69, 9.17) is 21.1 Å². The van der Waals surface area contributed by atoms with E-state index in [-0.39, 0.29) is 5.97 Å². The van der Waals surface area contributed by atoms with Crippen LogP contribution in [0.5, 0.6) is 5.75 Å². The van der Waals surface area contributed by atoms with Crippen LogP contribution in [0.2, 0.25) is 5.02 Å². The summed E-state index contributed by atoms with van der Waals surface area (Å²) in [6.45, 7) is 2.67. The Morgan fingerprint density at radius 2 is 2.00 bits per heavy atom. The fraction of sp³-hybridized carbons (Fsp3) is 0.235. The van der Waals surface area contributed by atoms with Crippen molar-refractivity contribution in [3.63, 3.8) is 0 Å². The van der Waals surface area contributed by atoms with Crippen LogP contribution in [0.4, 0.5) is 0 Å². The summed E-state index contributed by atoms with van der Waals surface area (Å²) >= 11 is 7.33. The molecule has 0 unspecified atom stereocenters. The average molecular weight is 350 g/mol. The molecule has 1 aromatic heterocycles. The minimum absolute atomic E-state index is 0.328. The summed E-state index contributed by atoms with van der Waals surface area (Å²) in [7, 11) is 3.39. The van der Waals surface area contributed by atoms with Crippen molar-refractivity contribution >= 4 is 40.4 Å². The van der Waals surface area contributed by atoms with Crippen molar-refractivity contribution in [3.8, 4) is 5.75 Å². The second-order valence-corrected chi connectivity index (χ2v) is 6.75. The Bertz CT molecular complexity index is 870. The molecule has 0 fully saturated rings. The molecule has 6 heteroatoms. The number of thiophene rings is 1. The summed E-state index contributed by atoms with van der Waals surface area (Å²) in [5, 5.41) is 1.61. The molecule has 0 aliphatic carbocycles. The van der Waals surface area contributed by atoms with Crippen molar-refractivity contribution in [1.29, 1.82) is 0 Å². The van der Waals surface area contributed by atoms with Gasteiger partial charge in [-0.2, -0.15) is 0 Å². The van der Waals surface area contributed by atoms with Gasteiger partial charge >= 0.3 is 5.97 Å². The zero-order chi connectivity index (χ0) is 16.6. The molecule has 0 amide bonds. The van der Waals surface area contributed by atoms with Crippen LogP contribution in [0.15, 0.2) is 30.3 Å². The number of halogens is 1. The maximum Gasteiger partial charge on any atom is 0.348 e. The maximum absolute atomic E-state index is 11.8. The molecule has 23 heavy (non-hydrogen) atoms. The number of esters is 1. The predicted octanol–water partition coefficient (Wildman–Crippen LogP) is 2.45. The third-order valence-corrected chi connectivity index (χ3v) is 5.23. The standard InChI is InChI=1S/C17H16ClNO3S/c1-10-16-13(8-15(23-16)17(20)21-3)14(9-19(10)2)22-12-6-4-11(18)5-7-12/h4-8H,9H2,1-3H3. The summed E-state index contributed by atoms with van der Waals surface area (Å²) in [5.74, 6) is 1.20. The second-order valence-electron chi connectivity index (χ2n) is 5.27. The molecule has 0 radical (unpaired) electrons. The Hall–Kier alpha value is -1.98. The van der Waals surface area contributed by atoms with Crippen molar-refractivity contribution in [2.24, 2.45) is 0 Å². The third-order valence-electron chi connectivity index (χ3n) is 3.76. The molecule has 0 spiro atoms. The van der Waals surface area contributed by atoms with Gasteiger partial charge < -0.3 is 14.4 Å². The van der Waals surface area contributed by atoms with E-state index < -0.39 is 0 Å². The summed E-state index contributed by atoms with van der Waals surface area (Å²) in [6.07, 6.45) is 0. The Morgan fingerprint density at radius 1 is 1.30 bits per heavy atom. The summed E-state index contributed by atoms with van der Waals surface area (Å²) in [4.78, 5) is 14.5. The van der Waals surface area contributed by atoms with E-state index in [1.807, 2.05) is 32.2 Å². The number of fused-ring (bicyclic) bond motifs is 1. The number of nitrogens with zero attached hydrogens (tertiary/aromatic N) is 1. The minimum atomic E-state index is -0.328. The second kappa shape index (κ2) is 6.26. The van der Waals surface area contributed by atoms with Gasteiger partial charge in [0, 0.05) is 23.0 Å². The molecule has 0 N–H and O–H groups in total. The molecule has 4 nitrogen and oxygen atoms in total. The van der Waals surface area contributed by atoms with Crippen molar-refractivity contribution in [1.82, 2.24) is 4.90 Å². The van der Waals surface area contributed by atoms with Crippen molar-refractivity contribution in [2.75, 3.05) is 20.7 Å². The fourth-order valence-corrected chi connectivity index (χ4v) is 3.67. The van der Waals surface area contributed by atoms with Gasteiger partial charge in [-0.15, -0.1) is 11.3 Å². The van der Waals surface area contributed by atoms with E-state index in [1.165, 1.54) is 18.4 Å². The van der Waals surface area contributed by atoms with E-state index in [0.29, 0.717) is 22.2 Å². The lowest BCUT2D eigenvalue weighted by Gasteiger charge is -2.24. The van der Waals surface area contributed by atoms with Crippen molar-refractivity contribution in [2.45, 2.75) is 6.92 Å². The number of rotatable bonds is 3. The lowest BCUT2D eigenvalue weighted by molar-refractivity contribution is 0.0606. The highest BCUT2D eigenvalue weighted by Crippen LogP contribution is 2.20. The number of methoxy groups -OCH3 is 1. The first-order valence-corrected chi connectivity index (χ1v) is 8.26. The monoisotopic (exact) mass is 349 g/mol. The lowest BCUT2D eigenvalue weighted by Crippen LogP contribution is -2.39. The van der Waals surface area contributed by atoms with Gasteiger partial charge in [0.05, 0.1) is 18.2 Å². The van der Waals surface area contributed by atoms with Crippen LogP contribution in [-0.2, 0) is 4.74 Å². The fourth-order valence-electron chi connectivity index (χ4n) is 2.39. The van der Waals surface area contributed by atoms with Crippen LogP contribution >= 0.6 is 22.9 Å². The molecular weight excluding hydrogens is 334 g/mol. The zero-order valence-electron chi connectivity index (χ0n) is 13.1. The quantitative estimate of drug-likeness (QED) is 0.798. The summed E-state index contributed by atoms with van der Waals surface area (Å²) < 4.78 is 11.9. The van der Waals surface area contributed by atoms with Crippen LogP contribution in [0.25, 0.3) is 11.5 Å². The van der Waals surface area contributed by atoms with Gasteiger partial charge in [0.1, 0.15) is 16.4 Å². The molecule has 0 bridgehead atoms. The predicted molar refractivity (Wildman–Crippen MR) is 92.1 cm³/mol. The number of likely N-dealkylation sites (N-methyl/N-ethyl adjacent to an activating group) is 1. The maximum atomic E-state index is 11.8. The number of ether oxygens (including phenoxy) is 2. The Labute approximate surface area is 143 Å². The van der Waals surface area contributed by atoms with Crippen LogP contribution in [0.3, 0.4) is 0 Å². The molecule has 1 aliphatic rings. The zero-order valence-corrected chi connectivity index (χ0v) is 14.6. The molecular formula is C17H16ClNO3S. The van der Waals surface area contributed by atoms with Crippen molar-refractivity contribution < 1.29 is 14.3 Å². The minimum Gasteiger partial charge on any atom is -0.465 e. The SMILES string of the molecule is COC(=O)c1cc2c(s1)=C(C)N(C)CC=2Oc1ccc(Cl)cc1. The Balaban J connectivity index is 2.12. The number of carbonyl (C=O) groups is 1. The van der Waals surface area contributed by atoms with Crippen LogP contribution in [0.1, 0.15) is 16.6 Å². The molecule has 2 heterocycles. The summed E-state index contributed by atoms with van der Waals surface area (Å²) in [6, 6.07) is 9.07. The topological polar surface area (TPSA) is 38.8 Å². The molecule has 2 aromatic rings. The van der Waals surface area contributed by atoms with Gasteiger partial charge in [0.25, 0.3) is 0 Å². The molecule has 1 aromatic carbocycles. The molecule has 120 valence electrons. The lowest BCUT2D eigenvalue weighted by atomic mass is 10.2. The van der Waals surface area contributed by atoms with E-state index in [0.717, 1.165) is 21.2 Å². The highest BCUT2D eigenvalue weighted by Gasteiger charge is 2.19. The van der Waals surface area contributed by atoms with E-state index in [2.05, 4.69) is 4.90 Å². The molecule has 1 aliphatic heterocycles. The first-order chi connectivity index (χ1) is 11.0. The van der Waals surface area contributed by atoms with Crippen LogP contribution < -0.4 is 14.5 Å². The third kappa shape index (κ3) is 3.07. The number of hydrogen-bond acceptors (Lipinski definition) is 5. The summed E-state index contributed by atoms with van der Waals surface area (Å²) in [5.41, 5.74) is 1.11. The van der Waals surface area contributed by atoms with Gasteiger partial charge in [0.2, 0.25) is 0 Å². The molecule has 0 atom stereocenters.